The molecule has 0 bridgehead atoms. The summed E-state index contributed by atoms with van der Waals surface area (Å²) in [5, 5.41) is 0. The Balaban J connectivity index is 0.00000180. The highest BCUT2D eigenvalue weighted by atomic mass is 35.5. The van der Waals surface area contributed by atoms with Gasteiger partial charge in [-0.25, -0.2) is 0 Å². The third-order valence-corrected chi connectivity index (χ3v) is 3.77. The van der Waals surface area contributed by atoms with Crippen molar-refractivity contribution in [1.82, 2.24) is 4.90 Å². The van der Waals surface area contributed by atoms with Crippen LogP contribution in [-0.2, 0) is 11.2 Å². The summed E-state index contributed by atoms with van der Waals surface area (Å²) in [6.07, 6.45) is 2.62. The standard InChI is InChI=1S/C15H22N2O.ClH/c1-12-7-8-17(14(9-12)11-16)15(18)10-13-5-3-2-4-6-13;/h2-6,12,14H,7-11,16H2,1H3;1H. The van der Waals surface area contributed by atoms with Crippen molar-refractivity contribution in [3.63, 3.8) is 0 Å². The maximum Gasteiger partial charge on any atom is 0.227 e. The minimum Gasteiger partial charge on any atom is -0.338 e. The van der Waals surface area contributed by atoms with Crippen LogP contribution in [0.1, 0.15) is 25.3 Å². The third kappa shape index (κ3) is 4.22. The Morgan fingerprint density at radius 3 is 2.68 bits per heavy atom. The first kappa shape index (κ1) is 16.0. The summed E-state index contributed by atoms with van der Waals surface area (Å²) >= 11 is 0. The molecule has 2 unspecified atom stereocenters. The molecule has 19 heavy (non-hydrogen) atoms. The number of hydrogen-bond acceptors (Lipinski definition) is 2. The van der Waals surface area contributed by atoms with Crippen LogP contribution in [0.2, 0.25) is 0 Å². The van der Waals surface area contributed by atoms with Crippen LogP contribution in [0.5, 0.6) is 0 Å². The number of amides is 1. The maximum absolute atomic E-state index is 12.3. The van der Waals surface area contributed by atoms with Crippen molar-refractivity contribution < 1.29 is 4.79 Å². The molecule has 1 heterocycles. The lowest BCUT2D eigenvalue weighted by Crippen LogP contribution is -2.49. The second kappa shape index (κ2) is 7.51. The number of likely N-dealkylation sites (tertiary alicyclic amines) is 1. The molecule has 1 aromatic carbocycles. The molecule has 3 nitrogen and oxygen atoms in total. The van der Waals surface area contributed by atoms with Crippen LogP contribution < -0.4 is 5.73 Å². The van der Waals surface area contributed by atoms with Gasteiger partial charge in [0.25, 0.3) is 0 Å². The van der Waals surface area contributed by atoms with E-state index in [9.17, 15) is 4.79 Å². The van der Waals surface area contributed by atoms with Gasteiger partial charge in [0.1, 0.15) is 0 Å². The van der Waals surface area contributed by atoms with E-state index in [1.54, 1.807) is 0 Å². The van der Waals surface area contributed by atoms with Crippen molar-refractivity contribution in [2.24, 2.45) is 11.7 Å². The summed E-state index contributed by atoms with van der Waals surface area (Å²) in [7, 11) is 0. The Labute approximate surface area is 121 Å². The van der Waals surface area contributed by atoms with E-state index in [1.807, 2.05) is 35.2 Å². The number of hydrogen-bond donors (Lipinski definition) is 1. The Morgan fingerprint density at radius 2 is 2.05 bits per heavy atom. The molecule has 0 radical (unpaired) electrons. The smallest absolute Gasteiger partial charge is 0.227 e. The Bertz CT molecular complexity index is 396. The number of benzene rings is 1. The molecule has 2 atom stereocenters. The van der Waals surface area contributed by atoms with Gasteiger partial charge in [0, 0.05) is 19.1 Å². The Kier molecular flexibility index (Phi) is 6.32. The fourth-order valence-electron chi connectivity index (χ4n) is 2.68. The third-order valence-electron chi connectivity index (χ3n) is 3.77. The minimum atomic E-state index is 0. The summed E-state index contributed by atoms with van der Waals surface area (Å²) in [4.78, 5) is 14.3. The van der Waals surface area contributed by atoms with Gasteiger partial charge in [-0.3, -0.25) is 4.79 Å². The predicted molar refractivity (Wildman–Crippen MR) is 80.3 cm³/mol. The lowest BCUT2D eigenvalue weighted by atomic mass is 9.92. The molecule has 1 amide bonds. The Morgan fingerprint density at radius 1 is 1.37 bits per heavy atom. The van der Waals surface area contributed by atoms with Crippen LogP contribution in [0.15, 0.2) is 30.3 Å². The number of carbonyl (C=O) groups excluding carboxylic acids is 1. The van der Waals surface area contributed by atoms with Crippen LogP contribution >= 0.6 is 12.4 Å². The minimum absolute atomic E-state index is 0. The van der Waals surface area contributed by atoms with Crippen molar-refractivity contribution in [1.29, 1.82) is 0 Å². The predicted octanol–water partition coefficient (Wildman–Crippen LogP) is 2.24. The highest BCUT2D eigenvalue weighted by Crippen LogP contribution is 2.22. The summed E-state index contributed by atoms with van der Waals surface area (Å²) in [6.45, 7) is 3.67. The molecular formula is C15H23ClN2O. The SMILES string of the molecule is CC1CCN(C(=O)Cc2ccccc2)C(CN)C1.Cl. The van der Waals surface area contributed by atoms with Crippen molar-refractivity contribution in [2.75, 3.05) is 13.1 Å². The van der Waals surface area contributed by atoms with Crippen LogP contribution in [0.25, 0.3) is 0 Å². The summed E-state index contributed by atoms with van der Waals surface area (Å²) < 4.78 is 0. The van der Waals surface area contributed by atoms with E-state index in [0.717, 1.165) is 24.9 Å². The zero-order valence-electron chi connectivity index (χ0n) is 11.4. The van der Waals surface area contributed by atoms with Gasteiger partial charge in [0.05, 0.1) is 6.42 Å². The second-order valence-electron chi connectivity index (χ2n) is 5.27. The summed E-state index contributed by atoms with van der Waals surface area (Å²) in [5.41, 5.74) is 6.87. The average molecular weight is 283 g/mol. The maximum atomic E-state index is 12.3. The fourth-order valence-corrected chi connectivity index (χ4v) is 2.68. The van der Waals surface area contributed by atoms with Crippen molar-refractivity contribution >= 4 is 18.3 Å². The molecule has 1 aliphatic heterocycles. The molecule has 106 valence electrons. The van der Waals surface area contributed by atoms with E-state index in [-0.39, 0.29) is 24.4 Å². The highest BCUT2D eigenvalue weighted by molar-refractivity contribution is 5.85. The van der Waals surface area contributed by atoms with Crippen LogP contribution in [0, 0.1) is 5.92 Å². The molecule has 0 aliphatic carbocycles. The van der Waals surface area contributed by atoms with E-state index < -0.39 is 0 Å². The van der Waals surface area contributed by atoms with Gasteiger partial charge >= 0.3 is 0 Å². The molecule has 1 saturated heterocycles. The van der Waals surface area contributed by atoms with Gasteiger partial charge in [-0.2, -0.15) is 0 Å². The lowest BCUT2D eigenvalue weighted by Gasteiger charge is -2.38. The van der Waals surface area contributed by atoms with E-state index in [2.05, 4.69) is 6.92 Å². The molecular weight excluding hydrogens is 260 g/mol. The molecule has 0 spiro atoms. The number of halogens is 1. The lowest BCUT2D eigenvalue weighted by molar-refractivity contribution is -0.134. The molecule has 1 aliphatic rings. The molecule has 2 rings (SSSR count). The molecule has 0 aromatic heterocycles. The molecule has 2 N–H and O–H groups in total. The largest absolute Gasteiger partial charge is 0.338 e. The van der Waals surface area contributed by atoms with Gasteiger partial charge in [-0.1, -0.05) is 37.3 Å². The average Bonchev–Trinajstić information content (AvgIpc) is 2.39. The highest BCUT2D eigenvalue weighted by Gasteiger charge is 2.28. The van der Waals surface area contributed by atoms with Crippen LogP contribution in [0.3, 0.4) is 0 Å². The Hall–Kier alpha value is -1.06. The number of carbonyl (C=O) groups is 1. The molecule has 1 aromatic rings. The van der Waals surface area contributed by atoms with Crippen LogP contribution in [-0.4, -0.2) is 29.9 Å². The number of nitrogens with zero attached hydrogens (tertiary/aromatic N) is 1. The first-order chi connectivity index (χ1) is 8.70. The monoisotopic (exact) mass is 282 g/mol. The second-order valence-corrected chi connectivity index (χ2v) is 5.27. The van der Waals surface area contributed by atoms with E-state index >= 15 is 0 Å². The van der Waals surface area contributed by atoms with Crippen molar-refractivity contribution in [3.05, 3.63) is 35.9 Å². The summed E-state index contributed by atoms with van der Waals surface area (Å²) in [5.74, 6) is 0.892. The first-order valence-electron chi connectivity index (χ1n) is 6.74. The first-order valence-corrected chi connectivity index (χ1v) is 6.74. The molecule has 1 fully saturated rings. The van der Waals surface area contributed by atoms with Crippen molar-refractivity contribution in [2.45, 2.75) is 32.2 Å². The number of nitrogens with two attached hydrogens (primary N) is 1. The van der Waals surface area contributed by atoms with E-state index in [0.29, 0.717) is 18.9 Å². The van der Waals surface area contributed by atoms with Gasteiger partial charge in [0.15, 0.2) is 0 Å². The summed E-state index contributed by atoms with van der Waals surface area (Å²) in [6, 6.07) is 10.1. The van der Waals surface area contributed by atoms with Gasteiger partial charge < -0.3 is 10.6 Å². The van der Waals surface area contributed by atoms with Crippen LogP contribution in [0.4, 0.5) is 0 Å². The van der Waals surface area contributed by atoms with E-state index in [1.165, 1.54) is 0 Å². The molecule has 0 saturated carbocycles. The van der Waals surface area contributed by atoms with Gasteiger partial charge in [-0.05, 0) is 24.3 Å². The number of piperidine rings is 1. The zero-order valence-corrected chi connectivity index (χ0v) is 12.2. The van der Waals surface area contributed by atoms with E-state index in [4.69, 9.17) is 5.73 Å². The normalized spacial score (nSPS) is 22.7. The number of rotatable bonds is 3. The molecule has 4 heteroatoms. The van der Waals surface area contributed by atoms with Crippen molar-refractivity contribution in [3.8, 4) is 0 Å². The van der Waals surface area contributed by atoms with Gasteiger partial charge in [-0.15, -0.1) is 12.4 Å². The topological polar surface area (TPSA) is 46.3 Å². The fraction of sp³-hybridized carbons (Fsp3) is 0.533. The van der Waals surface area contributed by atoms with Gasteiger partial charge in [0.2, 0.25) is 5.91 Å². The quantitative estimate of drug-likeness (QED) is 0.924. The zero-order chi connectivity index (χ0) is 13.0.